The van der Waals surface area contributed by atoms with Crippen LogP contribution in [0.5, 0.6) is 0 Å². The molecule has 1 atom stereocenters. The summed E-state index contributed by atoms with van der Waals surface area (Å²) in [5.74, 6) is 0.129. The van der Waals surface area contributed by atoms with E-state index in [9.17, 15) is 14.4 Å². The molecule has 0 radical (unpaired) electrons. The van der Waals surface area contributed by atoms with Gasteiger partial charge in [-0.15, -0.1) is 5.10 Å². The fourth-order valence-corrected chi connectivity index (χ4v) is 5.19. The minimum Gasteiger partial charge on any atom is -0.453 e. The lowest BCUT2D eigenvalue weighted by molar-refractivity contribution is -0.130. The smallest absolute Gasteiger partial charge is 0.411 e. The van der Waals surface area contributed by atoms with Crippen molar-refractivity contribution >= 4 is 41.3 Å². The average molecular weight is 618 g/mol. The first kappa shape index (κ1) is 30.4. The Hall–Kier alpha value is -5.04. The summed E-state index contributed by atoms with van der Waals surface area (Å²) in [7, 11) is 3.10. The van der Waals surface area contributed by atoms with Crippen LogP contribution in [0.4, 0.5) is 10.5 Å². The van der Waals surface area contributed by atoms with E-state index in [4.69, 9.17) is 16.3 Å². The molecular weight excluding hydrogens is 586 g/mol. The first-order valence-corrected chi connectivity index (χ1v) is 14.5. The number of fused-ring (bicyclic) bond motifs is 4. The van der Waals surface area contributed by atoms with Crippen molar-refractivity contribution in [1.29, 1.82) is 0 Å². The standard InChI is InChI=1S/C30H32ClN9O4/c1-39-14-4-3-5-19-16-22(34-30(43)44-2)8-9-23(19)25-17-32-29(36-25)24(10-13-28(39)42)35-27(41)12-6-20-15-21(31)7-11-26(20)40-18-33-37-38-40/h6-9,11-12,15-18,24H,3-5,10,13-14H2,1-2H3,(H,32,36)(H,34,43)(H,35,41)/b12-6+/t24-/m0/s1. The molecule has 14 heteroatoms. The monoisotopic (exact) mass is 617 g/mol. The molecule has 5 rings (SSSR count). The maximum absolute atomic E-state index is 13.2. The molecule has 3 heterocycles. The first-order valence-electron chi connectivity index (χ1n) is 14.1. The quantitative estimate of drug-likeness (QED) is 0.279. The predicted molar refractivity (Wildman–Crippen MR) is 164 cm³/mol. The third-order valence-electron chi connectivity index (χ3n) is 7.33. The number of nitrogens with zero attached hydrogens (tertiary/aromatic N) is 6. The number of ether oxygens (including phenoxy) is 1. The SMILES string of the molecule is COC(=O)Nc1ccc2c(c1)CCCCN(C)C(=O)CC[C@H](NC(=O)/C=C/c1cc(Cl)ccc1-n1cnnn1)c1ncc-2[nH]1. The van der Waals surface area contributed by atoms with E-state index in [-0.39, 0.29) is 18.2 Å². The zero-order chi connectivity index (χ0) is 31.1. The van der Waals surface area contributed by atoms with Crippen LogP contribution in [0, 0.1) is 0 Å². The van der Waals surface area contributed by atoms with Gasteiger partial charge in [0.1, 0.15) is 12.2 Å². The Morgan fingerprint density at radius 1 is 1.16 bits per heavy atom. The van der Waals surface area contributed by atoms with Crippen molar-refractivity contribution in [2.45, 2.75) is 38.1 Å². The molecule has 0 unspecified atom stereocenters. The highest BCUT2D eigenvalue weighted by molar-refractivity contribution is 6.30. The lowest BCUT2D eigenvalue weighted by Gasteiger charge is -2.21. The summed E-state index contributed by atoms with van der Waals surface area (Å²) < 4.78 is 6.21. The summed E-state index contributed by atoms with van der Waals surface area (Å²) in [4.78, 5) is 47.6. The van der Waals surface area contributed by atoms with Gasteiger partial charge < -0.3 is 19.9 Å². The Balaban J connectivity index is 1.42. The largest absolute Gasteiger partial charge is 0.453 e. The van der Waals surface area contributed by atoms with E-state index in [0.29, 0.717) is 40.8 Å². The highest BCUT2D eigenvalue weighted by Crippen LogP contribution is 2.29. The van der Waals surface area contributed by atoms with Crippen LogP contribution in [-0.2, 0) is 20.7 Å². The fraction of sp³-hybridized carbons (Fsp3) is 0.300. The summed E-state index contributed by atoms with van der Waals surface area (Å²) in [5.41, 5.74) is 4.60. The molecule has 2 aromatic heterocycles. The number of tetrazole rings is 1. The van der Waals surface area contributed by atoms with Crippen LogP contribution in [0.3, 0.4) is 0 Å². The number of imidazole rings is 1. The van der Waals surface area contributed by atoms with Crippen molar-refractivity contribution in [2.24, 2.45) is 0 Å². The van der Waals surface area contributed by atoms with Gasteiger partial charge in [0.05, 0.1) is 30.7 Å². The second kappa shape index (κ2) is 14.0. The third kappa shape index (κ3) is 7.48. The van der Waals surface area contributed by atoms with E-state index in [1.54, 1.807) is 48.5 Å². The number of aromatic amines is 1. The van der Waals surface area contributed by atoms with E-state index < -0.39 is 12.1 Å². The summed E-state index contributed by atoms with van der Waals surface area (Å²) >= 11 is 6.21. The zero-order valence-corrected chi connectivity index (χ0v) is 25.0. The molecule has 13 nitrogen and oxygen atoms in total. The minimum atomic E-state index is -0.566. The molecule has 2 bridgehead atoms. The van der Waals surface area contributed by atoms with Crippen LogP contribution in [0.25, 0.3) is 23.0 Å². The van der Waals surface area contributed by atoms with Crippen LogP contribution >= 0.6 is 11.6 Å². The van der Waals surface area contributed by atoms with Crippen LogP contribution in [0.15, 0.2) is 55.0 Å². The number of hydrogen-bond acceptors (Lipinski definition) is 8. The molecule has 3 amide bonds. The highest BCUT2D eigenvalue weighted by Gasteiger charge is 2.22. The van der Waals surface area contributed by atoms with Gasteiger partial charge in [-0.25, -0.2) is 9.78 Å². The first-order chi connectivity index (χ1) is 21.3. The number of methoxy groups -OCH3 is 1. The molecular formula is C30H32ClN9O4. The number of aromatic nitrogens is 6. The average Bonchev–Trinajstić information content (AvgIpc) is 3.73. The van der Waals surface area contributed by atoms with Crippen molar-refractivity contribution in [3.05, 3.63) is 77.0 Å². The Labute approximate surface area is 258 Å². The number of nitrogens with one attached hydrogen (secondary N) is 3. The van der Waals surface area contributed by atoms with Gasteiger partial charge in [-0.05, 0) is 78.1 Å². The number of rotatable bonds is 5. The van der Waals surface area contributed by atoms with Crippen LogP contribution in [-0.4, -0.2) is 73.7 Å². The van der Waals surface area contributed by atoms with Gasteiger partial charge in [0.2, 0.25) is 11.8 Å². The third-order valence-corrected chi connectivity index (χ3v) is 7.57. The van der Waals surface area contributed by atoms with Crippen molar-refractivity contribution in [2.75, 3.05) is 26.0 Å². The van der Waals surface area contributed by atoms with Crippen LogP contribution < -0.4 is 10.6 Å². The number of hydrogen-bond donors (Lipinski definition) is 3. The van der Waals surface area contributed by atoms with Crippen molar-refractivity contribution < 1.29 is 19.1 Å². The number of benzene rings is 2. The maximum Gasteiger partial charge on any atom is 0.411 e. The van der Waals surface area contributed by atoms with Gasteiger partial charge in [-0.1, -0.05) is 17.7 Å². The molecule has 1 aliphatic heterocycles. The molecule has 228 valence electrons. The summed E-state index contributed by atoms with van der Waals surface area (Å²) in [6, 6.07) is 10.2. The highest BCUT2D eigenvalue weighted by atomic mass is 35.5. The number of anilines is 1. The zero-order valence-electron chi connectivity index (χ0n) is 24.3. The molecule has 44 heavy (non-hydrogen) atoms. The van der Waals surface area contributed by atoms with E-state index in [1.807, 2.05) is 12.1 Å². The van der Waals surface area contributed by atoms with Crippen LogP contribution in [0.2, 0.25) is 5.02 Å². The Kier molecular flexibility index (Phi) is 9.65. The van der Waals surface area contributed by atoms with Gasteiger partial charge in [0, 0.05) is 47.9 Å². The van der Waals surface area contributed by atoms with E-state index in [1.165, 1.54) is 24.2 Å². The number of H-pyrrole nitrogens is 1. The van der Waals surface area contributed by atoms with Gasteiger partial charge in [-0.3, -0.25) is 14.9 Å². The normalized spacial score (nSPS) is 15.8. The molecule has 3 N–H and O–H groups in total. The van der Waals surface area contributed by atoms with Gasteiger partial charge >= 0.3 is 6.09 Å². The van der Waals surface area contributed by atoms with Crippen molar-refractivity contribution in [1.82, 2.24) is 40.4 Å². The summed E-state index contributed by atoms with van der Waals surface area (Å²) in [6.45, 7) is 0.610. The maximum atomic E-state index is 13.2. The van der Waals surface area contributed by atoms with Gasteiger partial charge in [0.25, 0.3) is 0 Å². The van der Waals surface area contributed by atoms with E-state index in [2.05, 4.69) is 36.1 Å². The number of halogens is 1. The minimum absolute atomic E-state index is 0.0152. The molecule has 0 fully saturated rings. The number of carbonyl (C=O) groups excluding carboxylic acids is 3. The molecule has 1 aliphatic rings. The lowest BCUT2D eigenvalue weighted by atomic mass is 9.98. The summed E-state index contributed by atoms with van der Waals surface area (Å²) in [5, 5.41) is 17.5. The van der Waals surface area contributed by atoms with Gasteiger partial charge in [0.15, 0.2) is 0 Å². The molecule has 2 aromatic carbocycles. The Morgan fingerprint density at radius 2 is 2.02 bits per heavy atom. The van der Waals surface area contributed by atoms with Crippen LogP contribution in [0.1, 0.15) is 48.7 Å². The number of amides is 3. The van der Waals surface area contributed by atoms with E-state index in [0.717, 1.165) is 36.1 Å². The number of carbonyl (C=O) groups is 3. The molecule has 0 spiro atoms. The molecule has 4 aromatic rings. The second-order valence-corrected chi connectivity index (χ2v) is 10.8. The summed E-state index contributed by atoms with van der Waals surface area (Å²) in [6.07, 6.45) is 8.61. The number of aryl methyl sites for hydroxylation is 1. The molecule has 0 saturated carbocycles. The second-order valence-electron chi connectivity index (χ2n) is 10.3. The van der Waals surface area contributed by atoms with E-state index >= 15 is 0 Å². The van der Waals surface area contributed by atoms with Crippen molar-refractivity contribution in [3.63, 3.8) is 0 Å². The lowest BCUT2D eigenvalue weighted by Crippen LogP contribution is -2.31. The fourth-order valence-electron chi connectivity index (χ4n) is 5.01. The molecule has 0 saturated heterocycles. The topological polar surface area (TPSA) is 160 Å². The Bertz CT molecular complexity index is 1670. The van der Waals surface area contributed by atoms with Crippen molar-refractivity contribution in [3.8, 4) is 16.9 Å². The predicted octanol–water partition coefficient (Wildman–Crippen LogP) is 4.33. The molecule has 0 aliphatic carbocycles. The Morgan fingerprint density at radius 3 is 2.82 bits per heavy atom. The van der Waals surface area contributed by atoms with Gasteiger partial charge in [-0.2, -0.15) is 4.68 Å².